The van der Waals surface area contributed by atoms with E-state index in [1.165, 1.54) is 0 Å². The van der Waals surface area contributed by atoms with Gasteiger partial charge in [0.25, 0.3) is 0 Å². The van der Waals surface area contributed by atoms with Gasteiger partial charge in [-0.3, -0.25) is 0 Å². The van der Waals surface area contributed by atoms with Crippen LogP contribution in [0.3, 0.4) is 0 Å². The Labute approximate surface area is 52.2 Å². The molecule has 0 heterocycles. The Balaban J connectivity index is 3.13. The zero-order chi connectivity index (χ0) is 5.86. The van der Waals surface area contributed by atoms with E-state index in [1.54, 1.807) is 6.92 Å². The molecule has 0 radical (unpaired) electrons. The van der Waals surface area contributed by atoms with E-state index in [1.807, 2.05) is 0 Å². The third-order valence-corrected chi connectivity index (χ3v) is 0.841. The molecule has 0 unspecified atom stereocenters. The summed E-state index contributed by atoms with van der Waals surface area (Å²) in [6.45, 7) is 5.28. The molecule has 0 aliphatic carbocycles. The van der Waals surface area contributed by atoms with Crippen LogP contribution >= 0.6 is 15.9 Å². The highest BCUT2D eigenvalue weighted by atomic mass is 79.9. The lowest BCUT2D eigenvalue weighted by Gasteiger charge is -1.97. The third kappa shape index (κ3) is 6.18. The van der Waals surface area contributed by atoms with Crippen LogP contribution in [0, 0.1) is 0 Å². The Bertz CT molecular complexity index is 68.5. The fourth-order valence-corrected chi connectivity index (χ4v) is 0.789. The fraction of sp³-hybridized carbons (Fsp3) is 0.600. The van der Waals surface area contributed by atoms with Crippen molar-refractivity contribution in [2.45, 2.75) is 19.4 Å². The van der Waals surface area contributed by atoms with Crippen molar-refractivity contribution in [3.63, 3.8) is 0 Å². The molecule has 1 nitrogen and oxygen atoms in total. The van der Waals surface area contributed by atoms with Gasteiger partial charge in [-0.25, -0.2) is 0 Å². The van der Waals surface area contributed by atoms with E-state index in [0.717, 1.165) is 4.48 Å². The van der Waals surface area contributed by atoms with Crippen molar-refractivity contribution in [1.82, 2.24) is 0 Å². The topological polar surface area (TPSA) is 20.2 Å². The monoisotopic (exact) mass is 164 g/mol. The summed E-state index contributed by atoms with van der Waals surface area (Å²) in [6, 6.07) is 0. The predicted molar refractivity (Wildman–Crippen MR) is 34.4 cm³/mol. The highest BCUT2D eigenvalue weighted by molar-refractivity contribution is 9.11. The van der Waals surface area contributed by atoms with Crippen LogP contribution in [0.5, 0.6) is 0 Å². The van der Waals surface area contributed by atoms with Crippen LogP contribution in [0.15, 0.2) is 11.1 Å². The number of hydrogen-bond donors (Lipinski definition) is 1. The summed E-state index contributed by atoms with van der Waals surface area (Å²) >= 11 is 3.12. The lowest BCUT2D eigenvalue weighted by molar-refractivity contribution is 0.198. The maximum absolute atomic E-state index is 8.63. The van der Waals surface area contributed by atoms with Crippen LogP contribution in [0.1, 0.15) is 13.3 Å². The van der Waals surface area contributed by atoms with Crippen molar-refractivity contribution >= 4 is 15.9 Å². The molecular formula is C5H9BrO. The van der Waals surface area contributed by atoms with Crippen molar-refractivity contribution < 1.29 is 5.11 Å². The minimum Gasteiger partial charge on any atom is -0.393 e. The Morgan fingerprint density at radius 2 is 2.43 bits per heavy atom. The summed E-state index contributed by atoms with van der Waals surface area (Å²) in [5.41, 5.74) is 0. The van der Waals surface area contributed by atoms with Crippen LogP contribution < -0.4 is 0 Å². The van der Waals surface area contributed by atoms with Crippen LogP contribution in [0.2, 0.25) is 0 Å². The van der Waals surface area contributed by atoms with E-state index in [9.17, 15) is 0 Å². The van der Waals surface area contributed by atoms with Crippen molar-refractivity contribution in [3.05, 3.63) is 11.1 Å². The van der Waals surface area contributed by atoms with E-state index in [2.05, 4.69) is 22.5 Å². The summed E-state index contributed by atoms with van der Waals surface area (Å²) in [6.07, 6.45) is 0.367. The molecule has 0 aliphatic heterocycles. The van der Waals surface area contributed by atoms with Crippen LogP contribution in [-0.2, 0) is 0 Å². The molecule has 0 saturated heterocycles. The molecule has 0 aromatic heterocycles. The Kier molecular flexibility index (Phi) is 3.30. The van der Waals surface area contributed by atoms with Crippen molar-refractivity contribution in [2.24, 2.45) is 0 Å². The minimum atomic E-state index is -0.271. The molecule has 0 saturated carbocycles. The fourth-order valence-electron chi connectivity index (χ4n) is 0.321. The summed E-state index contributed by atoms with van der Waals surface area (Å²) in [7, 11) is 0. The first-order chi connectivity index (χ1) is 3.13. The molecular weight excluding hydrogens is 156 g/mol. The average Bonchev–Trinajstić information content (AvgIpc) is 1.27. The summed E-state index contributed by atoms with van der Waals surface area (Å²) in [5, 5.41) is 8.63. The summed E-state index contributed by atoms with van der Waals surface area (Å²) in [4.78, 5) is 0. The molecule has 0 aromatic carbocycles. The highest BCUT2D eigenvalue weighted by Crippen LogP contribution is 2.08. The molecule has 2 heteroatoms. The molecule has 0 spiro atoms. The van der Waals surface area contributed by atoms with Gasteiger partial charge in [0, 0.05) is 6.42 Å². The van der Waals surface area contributed by atoms with Gasteiger partial charge < -0.3 is 5.11 Å². The molecule has 7 heavy (non-hydrogen) atoms. The maximum atomic E-state index is 8.63. The standard InChI is InChI=1S/C5H9BrO/c1-4(6)3-5(2)7/h5,7H,1,3H2,2H3/t5-/m1/s1. The quantitative estimate of drug-likeness (QED) is 0.659. The Hall–Kier alpha value is 0.180. The van der Waals surface area contributed by atoms with Gasteiger partial charge in [0.05, 0.1) is 6.10 Å². The van der Waals surface area contributed by atoms with E-state index in [0.29, 0.717) is 6.42 Å². The second-order valence-corrected chi connectivity index (χ2v) is 2.69. The van der Waals surface area contributed by atoms with Crippen molar-refractivity contribution in [3.8, 4) is 0 Å². The Morgan fingerprint density at radius 1 is 2.00 bits per heavy atom. The lowest BCUT2D eigenvalue weighted by atomic mass is 10.3. The third-order valence-electron chi connectivity index (χ3n) is 0.517. The first kappa shape index (κ1) is 7.18. The second kappa shape index (κ2) is 3.22. The Morgan fingerprint density at radius 3 is 2.43 bits per heavy atom. The van der Waals surface area contributed by atoms with Gasteiger partial charge >= 0.3 is 0 Å². The lowest BCUT2D eigenvalue weighted by Crippen LogP contribution is -1.96. The summed E-state index contributed by atoms with van der Waals surface area (Å²) in [5.74, 6) is 0. The van der Waals surface area contributed by atoms with Gasteiger partial charge in [-0.05, 0) is 11.4 Å². The number of halogens is 1. The van der Waals surface area contributed by atoms with Crippen molar-refractivity contribution in [2.75, 3.05) is 0 Å². The zero-order valence-corrected chi connectivity index (χ0v) is 5.90. The van der Waals surface area contributed by atoms with Gasteiger partial charge in [0.2, 0.25) is 0 Å². The molecule has 1 atom stereocenters. The van der Waals surface area contributed by atoms with Gasteiger partial charge in [-0.15, -0.1) is 0 Å². The number of aliphatic hydroxyl groups excluding tert-OH is 1. The van der Waals surface area contributed by atoms with Crippen molar-refractivity contribution in [1.29, 1.82) is 0 Å². The van der Waals surface area contributed by atoms with E-state index < -0.39 is 0 Å². The number of hydrogen-bond acceptors (Lipinski definition) is 1. The van der Waals surface area contributed by atoms with Gasteiger partial charge in [0.1, 0.15) is 0 Å². The van der Waals surface area contributed by atoms with E-state index in [-0.39, 0.29) is 6.10 Å². The number of aliphatic hydroxyl groups is 1. The normalized spacial score (nSPS) is 13.6. The van der Waals surface area contributed by atoms with Gasteiger partial charge in [0.15, 0.2) is 0 Å². The van der Waals surface area contributed by atoms with Gasteiger partial charge in [-0.2, -0.15) is 0 Å². The second-order valence-electron chi connectivity index (χ2n) is 1.57. The first-order valence-corrected chi connectivity index (χ1v) is 2.93. The highest BCUT2D eigenvalue weighted by Gasteiger charge is 1.93. The summed E-state index contributed by atoms with van der Waals surface area (Å²) < 4.78 is 0.850. The average molecular weight is 165 g/mol. The molecule has 0 rings (SSSR count). The van der Waals surface area contributed by atoms with Crippen LogP contribution in [0.25, 0.3) is 0 Å². The molecule has 1 N–H and O–H groups in total. The van der Waals surface area contributed by atoms with E-state index in [4.69, 9.17) is 5.11 Å². The molecule has 0 fully saturated rings. The maximum Gasteiger partial charge on any atom is 0.0557 e. The van der Waals surface area contributed by atoms with Gasteiger partial charge in [-0.1, -0.05) is 22.5 Å². The first-order valence-electron chi connectivity index (χ1n) is 2.14. The van der Waals surface area contributed by atoms with Crippen LogP contribution in [0.4, 0.5) is 0 Å². The largest absolute Gasteiger partial charge is 0.393 e. The van der Waals surface area contributed by atoms with E-state index >= 15 is 0 Å². The predicted octanol–water partition coefficient (Wildman–Crippen LogP) is 1.67. The molecule has 0 aliphatic rings. The number of rotatable bonds is 2. The SMILES string of the molecule is C=C(Br)C[C@@H](C)O. The molecule has 42 valence electrons. The molecule has 0 bridgehead atoms. The molecule has 0 amide bonds. The smallest absolute Gasteiger partial charge is 0.0557 e. The zero-order valence-electron chi connectivity index (χ0n) is 4.32. The minimum absolute atomic E-state index is 0.271. The van der Waals surface area contributed by atoms with Crippen LogP contribution in [-0.4, -0.2) is 11.2 Å². The molecule has 0 aromatic rings.